The highest BCUT2D eigenvalue weighted by molar-refractivity contribution is 7.09. The molecule has 0 radical (unpaired) electrons. The van der Waals surface area contributed by atoms with Crippen LogP contribution in [0.25, 0.3) is 0 Å². The predicted octanol–water partition coefficient (Wildman–Crippen LogP) is 3.67. The molecule has 0 aliphatic carbocycles. The number of aromatic nitrogens is 1. The highest BCUT2D eigenvalue weighted by Gasteiger charge is 2.12. The average Bonchev–Trinajstić information content (AvgIpc) is 2.95. The Morgan fingerprint density at radius 2 is 2.20 bits per heavy atom. The van der Waals surface area contributed by atoms with Crippen molar-refractivity contribution >= 4 is 17.0 Å². The van der Waals surface area contributed by atoms with Crippen LogP contribution >= 0.6 is 11.3 Å². The first-order valence-corrected chi connectivity index (χ1v) is 8.03. The van der Waals surface area contributed by atoms with Crippen LogP contribution in [0, 0.1) is 0 Å². The van der Waals surface area contributed by atoms with E-state index in [9.17, 15) is 0 Å². The van der Waals surface area contributed by atoms with E-state index in [0.717, 1.165) is 25.3 Å². The van der Waals surface area contributed by atoms with Crippen LogP contribution < -0.4 is 10.2 Å². The van der Waals surface area contributed by atoms with Crippen LogP contribution in [0.2, 0.25) is 0 Å². The Balaban J connectivity index is 2.16. The molecule has 0 saturated carbocycles. The first kappa shape index (κ1) is 15.0. The minimum absolute atomic E-state index is 0.464. The molecule has 2 aromatic rings. The van der Waals surface area contributed by atoms with Crippen molar-refractivity contribution in [1.82, 2.24) is 10.3 Å². The van der Waals surface area contributed by atoms with E-state index in [4.69, 9.17) is 0 Å². The lowest BCUT2D eigenvalue weighted by molar-refractivity contribution is 0.680. The Bertz CT molecular complexity index is 508. The Kier molecular flexibility index (Phi) is 5.56. The summed E-state index contributed by atoms with van der Waals surface area (Å²) in [5, 5.41) is 5.46. The predicted molar refractivity (Wildman–Crippen MR) is 87.3 cm³/mol. The van der Waals surface area contributed by atoms with Gasteiger partial charge in [-0.05, 0) is 44.0 Å². The van der Waals surface area contributed by atoms with Crippen LogP contribution in [-0.2, 0) is 13.1 Å². The summed E-state index contributed by atoms with van der Waals surface area (Å²) in [5.74, 6) is 0. The number of pyridine rings is 1. The number of anilines is 1. The number of rotatable bonds is 7. The van der Waals surface area contributed by atoms with Gasteiger partial charge in [-0.3, -0.25) is 4.98 Å². The van der Waals surface area contributed by atoms with E-state index < -0.39 is 0 Å². The second-order valence-corrected chi connectivity index (χ2v) is 6.12. The molecule has 0 aliphatic heterocycles. The van der Waals surface area contributed by atoms with Crippen LogP contribution in [0.15, 0.2) is 35.8 Å². The van der Waals surface area contributed by atoms with Crippen molar-refractivity contribution in [3.05, 3.63) is 46.4 Å². The third-order valence-electron chi connectivity index (χ3n) is 3.22. The second kappa shape index (κ2) is 7.41. The maximum atomic E-state index is 4.43. The maximum Gasteiger partial charge on any atom is 0.0562 e. The largest absolute Gasteiger partial charge is 0.364 e. The molecule has 3 nitrogen and oxygen atoms in total. The van der Waals surface area contributed by atoms with Gasteiger partial charge in [0.15, 0.2) is 0 Å². The summed E-state index contributed by atoms with van der Waals surface area (Å²) in [6, 6.07) is 9.06. The lowest BCUT2D eigenvalue weighted by Crippen LogP contribution is -2.30. The van der Waals surface area contributed by atoms with Crippen molar-refractivity contribution in [3.8, 4) is 0 Å². The van der Waals surface area contributed by atoms with Gasteiger partial charge in [-0.2, -0.15) is 0 Å². The number of nitrogens with zero attached hydrogens (tertiary/aromatic N) is 2. The standard InChI is InChI=1S/C16H23N3S/c1-4-17-11-14-10-15(7-8-18-14)19(13(2)3)12-16-6-5-9-20-16/h5-10,13,17H,4,11-12H2,1-3H3. The van der Waals surface area contributed by atoms with Gasteiger partial charge in [0.2, 0.25) is 0 Å². The Labute approximate surface area is 125 Å². The summed E-state index contributed by atoms with van der Waals surface area (Å²) in [5.41, 5.74) is 2.34. The Hall–Kier alpha value is -1.39. The van der Waals surface area contributed by atoms with E-state index in [1.54, 1.807) is 0 Å². The van der Waals surface area contributed by atoms with Crippen LogP contribution in [0.5, 0.6) is 0 Å². The van der Waals surface area contributed by atoms with E-state index in [1.165, 1.54) is 10.6 Å². The number of thiophene rings is 1. The van der Waals surface area contributed by atoms with E-state index in [2.05, 4.69) is 65.6 Å². The third-order valence-corrected chi connectivity index (χ3v) is 4.08. The smallest absolute Gasteiger partial charge is 0.0562 e. The van der Waals surface area contributed by atoms with Crippen LogP contribution in [0.3, 0.4) is 0 Å². The molecule has 0 aromatic carbocycles. The molecule has 0 atom stereocenters. The summed E-state index contributed by atoms with van der Waals surface area (Å²) in [4.78, 5) is 8.24. The Morgan fingerprint density at radius 1 is 1.35 bits per heavy atom. The summed E-state index contributed by atoms with van der Waals surface area (Å²) in [7, 11) is 0. The van der Waals surface area contributed by atoms with Gasteiger partial charge in [-0.1, -0.05) is 13.0 Å². The van der Waals surface area contributed by atoms with Gasteiger partial charge in [0, 0.05) is 29.3 Å². The van der Waals surface area contributed by atoms with E-state index >= 15 is 0 Å². The molecule has 20 heavy (non-hydrogen) atoms. The summed E-state index contributed by atoms with van der Waals surface area (Å²) < 4.78 is 0. The highest BCUT2D eigenvalue weighted by Crippen LogP contribution is 2.22. The van der Waals surface area contributed by atoms with Gasteiger partial charge >= 0.3 is 0 Å². The molecule has 0 spiro atoms. The van der Waals surface area contributed by atoms with Gasteiger partial charge in [0.05, 0.1) is 12.2 Å². The normalized spacial score (nSPS) is 11.0. The molecule has 1 N–H and O–H groups in total. The zero-order chi connectivity index (χ0) is 14.4. The van der Waals surface area contributed by atoms with Crippen LogP contribution in [-0.4, -0.2) is 17.6 Å². The molecule has 0 unspecified atom stereocenters. The van der Waals surface area contributed by atoms with E-state index in [0.29, 0.717) is 6.04 Å². The first-order valence-electron chi connectivity index (χ1n) is 7.15. The fraction of sp³-hybridized carbons (Fsp3) is 0.438. The average molecular weight is 289 g/mol. The minimum Gasteiger partial charge on any atom is -0.364 e. The number of hydrogen-bond donors (Lipinski definition) is 1. The van der Waals surface area contributed by atoms with E-state index in [1.807, 2.05) is 17.5 Å². The molecule has 2 heterocycles. The van der Waals surface area contributed by atoms with Crippen molar-refractivity contribution in [2.45, 2.75) is 39.9 Å². The zero-order valence-corrected chi connectivity index (χ0v) is 13.3. The second-order valence-electron chi connectivity index (χ2n) is 5.09. The van der Waals surface area contributed by atoms with Gasteiger partial charge in [0.25, 0.3) is 0 Å². The maximum absolute atomic E-state index is 4.43. The molecule has 0 fully saturated rings. The molecule has 4 heteroatoms. The van der Waals surface area contributed by atoms with Crippen molar-refractivity contribution in [1.29, 1.82) is 0 Å². The summed E-state index contributed by atoms with van der Waals surface area (Å²) in [6.45, 7) is 9.33. The number of nitrogens with one attached hydrogen (secondary N) is 1. The third kappa shape index (κ3) is 4.05. The summed E-state index contributed by atoms with van der Waals surface area (Å²) in [6.07, 6.45) is 1.91. The molecule has 0 bridgehead atoms. The fourth-order valence-corrected chi connectivity index (χ4v) is 2.84. The molecule has 0 amide bonds. The lowest BCUT2D eigenvalue weighted by Gasteiger charge is -2.28. The molecular formula is C16H23N3S. The van der Waals surface area contributed by atoms with Gasteiger partial charge in [-0.25, -0.2) is 0 Å². The zero-order valence-electron chi connectivity index (χ0n) is 12.5. The molecule has 108 valence electrons. The molecular weight excluding hydrogens is 266 g/mol. The molecule has 0 saturated heterocycles. The lowest BCUT2D eigenvalue weighted by atomic mass is 10.2. The highest BCUT2D eigenvalue weighted by atomic mass is 32.1. The number of hydrogen-bond acceptors (Lipinski definition) is 4. The summed E-state index contributed by atoms with van der Waals surface area (Å²) >= 11 is 1.81. The molecule has 2 aromatic heterocycles. The van der Waals surface area contributed by atoms with Crippen molar-refractivity contribution in [2.24, 2.45) is 0 Å². The SMILES string of the molecule is CCNCc1cc(N(Cc2cccs2)C(C)C)ccn1. The van der Waals surface area contributed by atoms with Crippen molar-refractivity contribution in [3.63, 3.8) is 0 Å². The van der Waals surface area contributed by atoms with Gasteiger partial charge in [0.1, 0.15) is 0 Å². The Morgan fingerprint density at radius 3 is 2.85 bits per heavy atom. The van der Waals surface area contributed by atoms with Crippen molar-refractivity contribution < 1.29 is 0 Å². The van der Waals surface area contributed by atoms with E-state index in [-0.39, 0.29) is 0 Å². The van der Waals surface area contributed by atoms with Crippen molar-refractivity contribution in [2.75, 3.05) is 11.4 Å². The monoisotopic (exact) mass is 289 g/mol. The molecule has 2 rings (SSSR count). The molecule has 0 aliphatic rings. The quantitative estimate of drug-likeness (QED) is 0.843. The van der Waals surface area contributed by atoms with Gasteiger partial charge < -0.3 is 10.2 Å². The fourth-order valence-electron chi connectivity index (χ4n) is 2.14. The first-order chi connectivity index (χ1) is 9.70. The topological polar surface area (TPSA) is 28.2 Å². The van der Waals surface area contributed by atoms with Crippen LogP contribution in [0.1, 0.15) is 31.3 Å². The minimum atomic E-state index is 0.464. The van der Waals surface area contributed by atoms with Gasteiger partial charge in [-0.15, -0.1) is 11.3 Å². The van der Waals surface area contributed by atoms with Crippen LogP contribution in [0.4, 0.5) is 5.69 Å².